The molecule has 2 amide bonds. The second kappa shape index (κ2) is 2.84. The number of carbonyl (C=O) groups is 2. The second-order valence-electron chi connectivity index (χ2n) is 2.66. The minimum atomic E-state index is -1.01. The predicted octanol–water partition coefficient (Wildman–Crippen LogP) is 0.0463. The molecule has 0 aliphatic carbocycles. The van der Waals surface area contributed by atoms with Crippen LogP contribution < -0.4 is 10.6 Å². The number of nitrogens with one attached hydrogen (secondary N) is 2. The van der Waals surface area contributed by atoms with Crippen LogP contribution in [-0.2, 0) is 4.79 Å². The fourth-order valence-corrected chi connectivity index (χ4v) is 1.21. The molecule has 0 bridgehead atoms. The molecule has 1 rings (SSSR count). The van der Waals surface area contributed by atoms with Crippen LogP contribution in [0.1, 0.15) is 13.8 Å². The van der Waals surface area contributed by atoms with Gasteiger partial charge in [-0.3, -0.25) is 0 Å². The smallest absolute Gasteiger partial charge is 0.335 e. The minimum absolute atomic E-state index is 0.203. The van der Waals surface area contributed by atoms with Crippen LogP contribution in [0, 0.1) is 0 Å². The lowest BCUT2D eigenvalue weighted by molar-refractivity contribution is -0.133. The first-order valence-electron chi connectivity index (χ1n) is 3.54. The van der Waals surface area contributed by atoms with Gasteiger partial charge in [0.1, 0.15) is 0 Å². The lowest BCUT2D eigenvalue weighted by atomic mass is 10.1. The van der Waals surface area contributed by atoms with Gasteiger partial charge < -0.3 is 15.7 Å². The average molecular weight is 170 g/mol. The molecule has 3 N–H and O–H groups in total. The Balaban J connectivity index is 3.01. The van der Waals surface area contributed by atoms with Crippen LogP contribution in [0.5, 0.6) is 0 Å². The number of carbonyl (C=O) groups excluding carboxylic acids is 1. The maximum absolute atomic E-state index is 10.8. The van der Waals surface area contributed by atoms with Crippen LogP contribution in [-0.4, -0.2) is 23.1 Å². The van der Waals surface area contributed by atoms with E-state index in [2.05, 4.69) is 10.6 Å². The van der Waals surface area contributed by atoms with Gasteiger partial charge in [0, 0.05) is 5.70 Å². The van der Waals surface area contributed by atoms with Crippen LogP contribution >= 0.6 is 0 Å². The van der Waals surface area contributed by atoms with Gasteiger partial charge in [0.25, 0.3) is 0 Å². The molecule has 0 aromatic heterocycles. The fourth-order valence-electron chi connectivity index (χ4n) is 1.21. The largest absolute Gasteiger partial charge is 0.478 e. The Morgan fingerprint density at radius 1 is 1.58 bits per heavy atom. The number of allylic oxidation sites excluding steroid dienone is 1. The molecule has 0 aromatic carbocycles. The van der Waals surface area contributed by atoms with Gasteiger partial charge in [-0.05, 0) is 13.8 Å². The highest BCUT2D eigenvalue weighted by Gasteiger charge is 2.25. The highest BCUT2D eigenvalue weighted by Crippen LogP contribution is 2.10. The van der Waals surface area contributed by atoms with Crippen molar-refractivity contribution in [2.24, 2.45) is 0 Å². The summed E-state index contributed by atoms with van der Waals surface area (Å²) in [6.07, 6.45) is 0. The molecule has 1 aliphatic rings. The van der Waals surface area contributed by atoms with Crippen molar-refractivity contribution in [2.45, 2.75) is 19.9 Å². The molecule has 5 heteroatoms. The third-order valence-electron chi connectivity index (χ3n) is 1.72. The first kappa shape index (κ1) is 8.58. The van der Waals surface area contributed by atoms with E-state index in [0.29, 0.717) is 5.70 Å². The van der Waals surface area contributed by atoms with Crippen molar-refractivity contribution in [3.63, 3.8) is 0 Å². The van der Waals surface area contributed by atoms with Gasteiger partial charge in [-0.1, -0.05) is 0 Å². The van der Waals surface area contributed by atoms with E-state index >= 15 is 0 Å². The third kappa shape index (κ3) is 1.39. The first-order chi connectivity index (χ1) is 5.52. The fraction of sp³-hybridized carbons (Fsp3) is 0.429. The highest BCUT2D eigenvalue weighted by molar-refractivity contribution is 5.93. The van der Waals surface area contributed by atoms with Crippen molar-refractivity contribution in [1.29, 1.82) is 0 Å². The maximum Gasteiger partial charge on any atom is 0.335 e. The first-order valence-corrected chi connectivity index (χ1v) is 3.54. The summed E-state index contributed by atoms with van der Waals surface area (Å²) in [6, 6.07) is -0.791. The molecule has 0 unspecified atom stereocenters. The SMILES string of the molecule is CC1=C(C(=O)O)[C@H](C)NC(=O)N1. The van der Waals surface area contributed by atoms with E-state index in [0.717, 1.165) is 0 Å². The number of hydrogen-bond acceptors (Lipinski definition) is 2. The zero-order valence-corrected chi connectivity index (χ0v) is 6.84. The highest BCUT2D eigenvalue weighted by atomic mass is 16.4. The van der Waals surface area contributed by atoms with E-state index in [4.69, 9.17) is 5.11 Å². The van der Waals surface area contributed by atoms with Gasteiger partial charge in [-0.25, -0.2) is 9.59 Å². The lowest BCUT2D eigenvalue weighted by Crippen LogP contribution is -2.48. The number of carboxylic acid groups (broad SMARTS) is 1. The van der Waals surface area contributed by atoms with Crippen molar-refractivity contribution < 1.29 is 14.7 Å². The number of amides is 2. The third-order valence-corrected chi connectivity index (χ3v) is 1.72. The summed E-state index contributed by atoms with van der Waals surface area (Å²) < 4.78 is 0. The van der Waals surface area contributed by atoms with Gasteiger partial charge in [-0.15, -0.1) is 0 Å². The number of hydrogen-bond donors (Lipinski definition) is 3. The van der Waals surface area contributed by atoms with Crippen LogP contribution in [0.25, 0.3) is 0 Å². The van der Waals surface area contributed by atoms with E-state index in [-0.39, 0.29) is 11.6 Å². The molecule has 1 atom stereocenters. The molecule has 0 saturated heterocycles. The summed E-state index contributed by atoms with van der Waals surface area (Å²) in [4.78, 5) is 21.4. The molecule has 5 nitrogen and oxygen atoms in total. The molecular formula is C7H10N2O3. The van der Waals surface area contributed by atoms with E-state index in [1.54, 1.807) is 13.8 Å². The minimum Gasteiger partial charge on any atom is -0.478 e. The summed E-state index contributed by atoms with van der Waals surface area (Å²) in [5.41, 5.74) is 0.605. The van der Waals surface area contributed by atoms with Gasteiger partial charge in [0.15, 0.2) is 0 Å². The number of urea groups is 1. The second-order valence-corrected chi connectivity index (χ2v) is 2.66. The molecular weight excluding hydrogens is 160 g/mol. The van der Waals surface area contributed by atoms with Crippen LogP contribution in [0.15, 0.2) is 11.3 Å². The van der Waals surface area contributed by atoms with E-state index in [1.807, 2.05) is 0 Å². The summed E-state index contributed by atoms with van der Waals surface area (Å²) in [5.74, 6) is -1.01. The summed E-state index contributed by atoms with van der Waals surface area (Å²) in [7, 11) is 0. The van der Waals surface area contributed by atoms with E-state index < -0.39 is 12.0 Å². The lowest BCUT2D eigenvalue weighted by Gasteiger charge is -2.23. The Kier molecular flexibility index (Phi) is 2.03. The average Bonchev–Trinajstić information content (AvgIpc) is 1.82. The zero-order valence-electron chi connectivity index (χ0n) is 6.84. The van der Waals surface area contributed by atoms with Crippen LogP contribution in [0.4, 0.5) is 4.79 Å². The summed E-state index contributed by atoms with van der Waals surface area (Å²) in [6.45, 7) is 3.20. The zero-order chi connectivity index (χ0) is 9.30. The van der Waals surface area contributed by atoms with Crippen LogP contribution in [0.2, 0.25) is 0 Å². The van der Waals surface area contributed by atoms with Gasteiger partial charge in [0.2, 0.25) is 0 Å². The molecule has 0 aromatic rings. The molecule has 0 fully saturated rings. The molecule has 0 radical (unpaired) electrons. The van der Waals surface area contributed by atoms with Gasteiger partial charge >= 0.3 is 12.0 Å². The quantitative estimate of drug-likeness (QED) is 0.520. The van der Waals surface area contributed by atoms with Crippen molar-refractivity contribution in [1.82, 2.24) is 10.6 Å². The Bertz CT molecular complexity index is 270. The number of rotatable bonds is 1. The molecule has 1 heterocycles. The molecule has 12 heavy (non-hydrogen) atoms. The monoisotopic (exact) mass is 170 g/mol. The number of aliphatic carboxylic acids is 1. The van der Waals surface area contributed by atoms with Crippen LogP contribution in [0.3, 0.4) is 0 Å². The Morgan fingerprint density at radius 3 is 2.58 bits per heavy atom. The molecule has 0 spiro atoms. The van der Waals surface area contributed by atoms with E-state index in [9.17, 15) is 9.59 Å². The maximum atomic E-state index is 10.8. The van der Waals surface area contributed by atoms with Crippen molar-refractivity contribution in [3.8, 4) is 0 Å². The molecule has 1 aliphatic heterocycles. The summed E-state index contributed by atoms with van der Waals surface area (Å²) >= 11 is 0. The standard InChI is InChI=1S/C7H10N2O3/c1-3-5(6(10)11)4(2)9-7(12)8-3/h3H,1-2H3,(H,10,11)(H2,8,9,12)/t3-/m0/s1. The predicted molar refractivity (Wildman–Crippen MR) is 41.5 cm³/mol. The Morgan fingerprint density at radius 2 is 2.17 bits per heavy atom. The topological polar surface area (TPSA) is 78.4 Å². The molecule has 66 valence electrons. The normalized spacial score (nSPS) is 23.2. The summed E-state index contributed by atoms with van der Waals surface area (Å²) in [5, 5.41) is 13.6. The van der Waals surface area contributed by atoms with E-state index in [1.165, 1.54) is 0 Å². The Hall–Kier alpha value is -1.52. The van der Waals surface area contributed by atoms with Crippen molar-refractivity contribution in [3.05, 3.63) is 11.3 Å². The van der Waals surface area contributed by atoms with Gasteiger partial charge in [-0.2, -0.15) is 0 Å². The Labute approximate surface area is 69.5 Å². The van der Waals surface area contributed by atoms with Crippen molar-refractivity contribution in [2.75, 3.05) is 0 Å². The van der Waals surface area contributed by atoms with Gasteiger partial charge in [0.05, 0.1) is 11.6 Å². The molecule has 0 saturated carbocycles. The number of carboxylic acids is 1. The van der Waals surface area contributed by atoms with Crippen molar-refractivity contribution >= 4 is 12.0 Å².